The minimum Gasteiger partial charge on any atom is -0.327 e. The van der Waals surface area contributed by atoms with E-state index in [1.807, 2.05) is 13.8 Å². The van der Waals surface area contributed by atoms with Crippen molar-refractivity contribution in [3.63, 3.8) is 0 Å². The summed E-state index contributed by atoms with van der Waals surface area (Å²) >= 11 is 0. The monoisotopic (exact) mass is 237 g/mol. The van der Waals surface area contributed by atoms with Crippen LogP contribution in [0.5, 0.6) is 0 Å². The predicted octanol–water partition coefficient (Wildman–Crippen LogP) is 0.290. The third kappa shape index (κ3) is 6.09. The molecule has 0 saturated heterocycles. The molecule has 0 saturated carbocycles. The molecule has 0 spiro atoms. The predicted molar refractivity (Wildman–Crippen MR) is 62.7 cm³/mol. The SMILES string of the molecule is CCCCN(C)S(=O)(=O)NCC(N)CC. The Bertz CT molecular complexity index is 254. The Morgan fingerprint density at radius 2 is 2.00 bits per heavy atom. The summed E-state index contributed by atoms with van der Waals surface area (Å²) in [5, 5.41) is 0. The van der Waals surface area contributed by atoms with Crippen molar-refractivity contribution in [3.05, 3.63) is 0 Å². The van der Waals surface area contributed by atoms with Gasteiger partial charge in [0.05, 0.1) is 0 Å². The lowest BCUT2D eigenvalue weighted by molar-refractivity contribution is 0.445. The average molecular weight is 237 g/mol. The van der Waals surface area contributed by atoms with Gasteiger partial charge in [-0.05, 0) is 12.8 Å². The van der Waals surface area contributed by atoms with Crippen LogP contribution < -0.4 is 10.5 Å². The largest absolute Gasteiger partial charge is 0.327 e. The van der Waals surface area contributed by atoms with E-state index in [9.17, 15) is 8.42 Å². The van der Waals surface area contributed by atoms with Gasteiger partial charge in [-0.15, -0.1) is 0 Å². The highest BCUT2D eigenvalue weighted by Gasteiger charge is 2.16. The van der Waals surface area contributed by atoms with Gasteiger partial charge in [-0.3, -0.25) is 0 Å². The summed E-state index contributed by atoms with van der Waals surface area (Å²) in [7, 11) is -1.76. The first kappa shape index (κ1) is 14.8. The van der Waals surface area contributed by atoms with Crippen molar-refractivity contribution < 1.29 is 8.42 Å². The molecule has 0 aromatic heterocycles. The van der Waals surface area contributed by atoms with Crippen molar-refractivity contribution in [3.8, 4) is 0 Å². The molecule has 6 heteroatoms. The van der Waals surface area contributed by atoms with Crippen molar-refractivity contribution in [2.24, 2.45) is 5.73 Å². The quantitative estimate of drug-likeness (QED) is 0.637. The van der Waals surface area contributed by atoms with Crippen LogP contribution in [0.1, 0.15) is 33.1 Å². The molecule has 0 aromatic rings. The summed E-state index contributed by atoms with van der Waals surface area (Å²) in [5.41, 5.74) is 5.63. The lowest BCUT2D eigenvalue weighted by Crippen LogP contribution is -2.43. The van der Waals surface area contributed by atoms with Crippen LogP contribution in [0, 0.1) is 0 Å². The molecular formula is C9H23N3O2S. The Morgan fingerprint density at radius 1 is 1.40 bits per heavy atom. The molecule has 92 valence electrons. The third-order valence-corrected chi connectivity index (χ3v) is 3.82. The first-order valence-electron chi connectivity index (χ1n) is 5.40. The normalized spacial score (nSPS) is 14.5. The highest BCUT2D eigenvalue weighted by molar-refractivity contribution is 7.87. The second kappa shape index (κ2) is 7.16. The minimum atomic E-state index is -3.33. The third-order valence-electron chi connectivity index (χ3n) is 2.29. The van der Waals surface area contributed by atoms with Crippen molar-refractivity contribution in [1.82, 2.24) is 9.03 Å². The number of nitrogens with one attached hydrogen (secondary N) is 1. The molecule has 15 heavy (non-hydrogen) atoms. The van der Waals surface area contributed by atoms with E-state index in [1.54, 1.807) is 7.05 Å². The maximum atomic E-state index is 11.6. The lowest BCUT2D eigenvalue weighted by Gasteiger charge is -2.18. The molecule has 0 aromatic carbocycles. The molecule has 0 rings (SSSR count). The van der Waals surface area contributed by atoms with E-state index in [4.69, 9.17) is 5.73 Å². The molecular weight excluding hydrogens is 214 g/mol. The number of nitrogens with two attached hydrogens (primary N) is 1. The summed E-state index contributed by atoms with van der Waals surface area (Å²) in [6, 6.07) is -0.112. The van der Waals surface area contributed by atoms with Gasteiger partial charge in [0, 0.05) is 26.2 Å². The zero-order chi connectivity index (χ0) is 11.9. The fourth-order valence-corrected chi connectivity index (χ4v) is 1.98. The molecule has 0 heterocycles. The topological polar surface area (TPSA) is 75.4 Å². The van der Waals surface area contributed by atoms with E-state index >= 15 is 0 Å². The molecule has 3 N–H and O–H groups in total. The lowest BCUT2D eigenvalue weighted by atomic mass is 10.2. The number of hydrogen-bond acceptors (Lipinski definition) is 3. The van der Waals surface area contributed by atoms with Crippen LogP contribution in [0.3, 0.4) is 0 Å². The van der Waals surface area contributed by atoms with Crippen molar-refractivity contribution >= 4 is 10.2 Å². The molecule has 5 nitrogen and oxygen atoms in total. The van der Waals surface area contributed by atoms with Gasteiger partial charge in [0.25, 0.3) is 10.2 Å². The van der Waals surface area contributed by atoms with E-state index in [0.717, 1.165) is 19.3 Å². The molecule has 0 bridgehead atoms. The van der Waals surface area contributed by atoms with Crippen LogP contribution in [-0.2, 0) is 10.2 Å². The second-order valence-electron chi connectivity index (χ2n) is 3.70. The highest BCUT2D eigenvalue weighted by atomic mass is 32.2. The van der Waals surface area contributed by atoms with Crippen LogP contribution in [0.15, 0.2) is 0 Å². The first-order chi connectivity index (χ1) is 6.94. The van der Waals surface area contributed by atoms with E-state index in [1.165, 1.54) is 4.31 Å². The number of nitrogens with zero attached hydrogens (tertiary/aromatic N) is 1. The average Bonchev–Trinajstić information content (AvgIpc) is 2.22. The number of hydrogen-bond donors (Lipinski definition) is 2. The van der Waals surface area contributed by atoms with Gasteiger partial charge in [-0.2, -0.15) is 12.7 Å². The number of unbranched alkanes of at least 4 members (excludes halogenated alkanes) is 1. The van der Waals surface area contributed by atoms with Gasteiger partial charge >= 0.3 is 0 Å². The number of rotatable bonds is 8. The first-order valence-corrected chi connectivity index (χ1v) is 6.84. The van der Waals surface area contributed by atoms with Gasteiger partial charge in [0.1, 0.15) is 0 Å². The van der Waals surface area contributed by atoms with E-state index in [2.05, 4.69) is 4.72 Å². The van der Waals surface area contributed by atoms with E-state index < -0.39 is 10.2 Å². The van der Waals surface area contributed by atoms with Gasteiger partial charge in [0.2, 0.25) is 0 Å². The Labute approximate surface area is 93.2 Å². The zero-order valence-electron chi connectivity index (χ0n) is 9.86. The highest BCUT2D eigenvalue weighted by Crippen LogP contribution is 1.98. The van der Waals surface area contributed by atoms with Crippen molar-refractivity contribution in [2.75, 3.05) is 20.1 Å². The molecule has 0 amide bonds. The summed E-state index contributed by atoms with van der Waals surface area (Å²) in [6.45, 7) is 4.81. The van der Waals surface area contributed by atoms with Crippen molar-refractivity contribution in [1.29, 1.82) is 0 Å². The molecule has 0 aliphatic heterocycles. The zero-order valence-corrected chi connectivity index (χ0v) is 10.7. The van der Waals surface area contributed by atoms with Crippen LogP contribution in [-0.4, -0.2) is 38.9 Å². The smallest absolute Gasteiger partial charge is 0.279 e. The second-order valence-corrected chi connectivity index (χ2v) is 5.56. The molecule has 0 aliphatic rings. The maximum Gasteiger partial charge on any atom is 0.279 e. The van der Waals surface area contributed by atoms with Gasteiger partial charge in [0.15, 0.2) is 0 Å². The Hall–Kier alpha value is -0.170. The summed E-state index contributed by atoms with van der Waals surface area (Å²) in [6.07, 6.45) is 2.62. The Balaban J connectivity index is 4.05. The Kier molecular flexibility index (Phi) is 7.08. The summed E-state index contributed by atoms with van der Waals surface area (Å²) < 4.78 is 27.1. The molecule has 1 atom stereocenters. The van der Waals surface area contributed by atoms with Crippen LogP contribution in [0.25, 0.3) is 0 Å². The summed E-state index contributed by atoms with van der Waals surface area (Å²) in [4.78, 5) is 0. The molecule has 0 fully saturated rings. The van der Waals surface area contributed by atoms with E-state index in [-0.39, 0.29) is 6.04 Å². The van der Waals surface area contributed by atoms with Crippen LogP contribution >= 0.6 is 0 Å². The molecule has 1 unspecified atom stereocenters. The van der Waals surface area contributed by atoms with Crippen LogP contribution in [0.2, 0.25) is 0 Å². The molecule has 0 aliphatic carbocycles. The maximum absolute atomic E-state index is 11.6. The minimum absolute atomic E-state index is 0.112. The van der Waals surface area contributed by atoms with Gasteiger partial charge < -0.3 is 5.73 Å². The fraction of sp³-hybridized carbons (Fsp3) is 1.00. The fourth-order valence-electron chi connectivity index (χ4n) is 0.968. The van der Waals surface area contributed by atoms with E-state index in [0.29, 0.717) is 13.1 Å². The van der Waals surface area contributed by atoms with Gasteiger partial charge in [-0.1, -0.05) is 20.3 Å². The molecule has 0 radical (unpaired) electrons. The van der Waals surface area contributed by atoms with Crippen molar-refractivity contribution in [2.45, 2.75) is 39.2 Å². The van der Waals surface area contributed by atoms with Crippen LogP contribution in [0.4, 0.5) is 0 Å². The Morgan fingerprint density at radius 3 is 2.47 bits per heavy atom. The summed E-state index contributed by atoms with van der Waals surface area (Å²) in [5.74, 6) is 0. The van der Waals surface area contributed by atoms with Gasteiger partial charge in [-0.25, -0.2) is 4.72 Å². The standard InChI is InChI=1S/C9H23N3O2S/c1-4-6-7-12(3)15(13,14)11-8-9(10)5-2/h9,11H,4-8,10H2,1-3H3.